The van der Waals surface area contributed by atoms with Gasteiger partial charge in [0.2, 0.25) is 0 Å². The maximum atomic E-state index is 10.9. The van der Waals surface area contributed by atoms with E-state index in [2.05, 4.69) is 28.3 Å². The molecule has 3 aromatic rings. The molecule has 1 heterocycles. The molecule has 6 heteroatoms. The quantitative estimate of drug-likeness (QED) is 0.270. The fourth-order valence-electron chi connectivity index (χ4n) is 4.32. The van der Waals surface area contributed by atoms with Crippen LogP contribution in [0.1, 0.15) is 47.4 Å². The first-order chi connectivity index (χ1) is 16.2. The zero-order chi connectivity index (χ0) is 22.9. The van der Waals surface area contributed by atoms with Crippen molar-refractivity contribution in [2.75, 3.05) is 13.2 Å². The molecule has 0 fully saturated rings. The van der Waals surface area contributed by atoms with E-state index in [1.54, 1.807) is 12.4 Å². The zero-order valence-corrected chi connectivity index (χ0v) is 18.5. The molecular formula is C27H28N2O4. The van der Waals surface area contributed by atoms with Crippen molar-refractivity contribution in [3.63, 3.8) is 0 Å². The molecule has 1 unspecified atom stereocenters. The molecule has 170 valence electrons. The second-order valence-electron chi connectivity index (χ2n) is 8.16. The Balaban J connectivity index is 1.42. The molecule has 33 heavy (non-hydrogen) atoms. The maximum Gasteiger partial charge on any atom is 0.341 e. The van der Waals surface area contributed by atoms with E-state index in [0.717, 1.165) is 42.5 Å². The minimum absolute atomic E-state index is 0.322. The smallest absolute Gasteiger partial charge is 0.341 e. The first-order valence-corrected chi connectivity index (χ1v) is 11.3. The van der Waals surface area contributed by atoms with E-state index in [0.29, 0.717) is 24.7 Å². The van der Waals surface area contributed by atoms with Gasteiger partial charge >= 0.3 is 5.97 Å². The lowest BCUT2D eigenvalue weighted by molar-refractivity contribution is -0.139. The molecule has 6 nitrogen and oxygen atoms in total. The molecule has 0 saturated carbocycles. The molecule has 0 radical (unpaired) electrons. The molecule has 1 aliphatic carbocycles. The van der Waals surface area contributed by atoms with Gasteiger partial charge in [-0.25, -0.2) is 4.79 Å². The van der Waals surface area contributed by atoms with Crippen LogP contribution in [-0.4, -0.2) is 35.0 Å². The van der Waals surface area contributed by atoms with Crippen molar-refractivity contribution in [1.29, 1.82) is 0 Å². The van der Waals surface area contributed by atoms with Gasteiger partial charge in [0, 0.05) is 24.4 Å². The Morgan fingerprint density at radius 3 is 2.76 bits per heavy atom. The summed E-state index contributed by atoms with van der Waals surface area (Å²) in [5.74, 6) is 0.0553. The van der Waals surface area contributed by atoms with Crippen LogP contribution in [0.3, 0.4) is 0 Å². The van der Waals surface area contributed by atoms with E-state index in [-0.39, 0.29) is 6.61 Å². The number of nitrogens with zero attached hydrogens (tertiary/aromatic N) is 2. The fourth-order valence-corrected chi connectivity index (χ4v) is 4.32. The Morgan fingerprint density at radius 1 is 1.09 bits per heavy atom. The Hall–Kier alpha value is -3.67. The Labute approximate surface area is 193 Å². The minimum atomic E-state index is -0.967. The summed E-state index contributed by atoms with van der Waals surface area (Å²) in [6, 6.07) is 20.0. The van der Waals surface area contributed by atoms with E-state index in [1.165, 1.54) is 11.1 Å². The number of aliphatic carboxylic acids is 1. The average molecular weight is 445 g/mol. The third-order valence-corrected chi connectivity index (χ3v) is 5.88. The number of aromatic nitrogens is 1. The highest BCUT2D eigenvalue weighted by atomic mass is 16.6. The van der Waals surface area contributed by atoms with E-state index in [4.69, 9.17) is 14.7 Å². The first kappa shape index (κ1) is 22.5. The zero-order valence-electron chi connectivity index (χ0n) is 18.5. The van der Waals surface area contributed by atoms with Gasteiger partial charge in [0.15, 0.2) is 6.61 Å². The number of carbonyl (C=O) groups is 1. The third-order valence-electron chi connectivity index (χ3n) is 5.88. The van der Waals surface area contributed by atoms with Crippen LogP contribution in [0.5, 0.6) is 5.75 Å². The number of oxime groups is 1. The van der Waals surface area contributed by atoms with Crippen LogP contribution in [0.25, 0.3) is 0 Å². The summed E-state index contributed by atoms with van der Waals surface area (Å²) in [6.45, 7) is 0.181. The number of rotatable bonds is 10. The van der Waals surface area contributed by atoms with E-state index < -0.39 is 5.97 Å². The Morgan fingerprint density at radius 2 is 1.97 bits per heavy atom. The number of hydrogen-bond donors (Lipinski definition) is 1. The van der Waals surface area contributed by atoms with Gasteiger partial charge in [0.1, 0.15) is 12.4 Å². The number of ether oxygens (including phenoxy) is 1. The van der Waals surface area contributed by atoms with Crippen molar-refractivity contribution in [2.24, 2.45) is 5.16 Å². The van der Waals surface area contributed by atoms with Crippen LogP contribution in [0, 0.1) is 0 Å². The van der Waals surface area contributed by atoms with Gasteiger partial charge in [-0.15, -0.1) is 0 Å². The van der Waals surface area contributed by atoms with Gasteiger partial charge in [0.05, 0.1) is 5.71 Å². The minimum Gasteiger partial charge on any atom is -0.482 e. The van der Waals surface area contributed by atoms with Crippen LogP contribution in [0.15, 0.2) is 78.2 Å². The Kier molecular flexibility index (Phi) is 7.69. The molecule has 2 aromatic carbocycles. The second-order valence-corrected chi connectivity index (χ2v) is 8.16. The van der Waals surface area contributed by atoms with Crippen molar-refractivity contribution in [3.8, 4) is 5.75 Å². The lowest BCUT2D eigenvalue weighted by Gasteiger charge is -2.26. The van der Waals surface area contributed by atoms with Crippen molar-refractivity contribution in [1.82, 2.24) is 4.98 Å². The molecular weight excluding hydrogens is 416 g/mol. The number of fused-ring (bicyclic) bond motifs is 1. The number of hydrogen-bond acceptors (Lipinski definition) is 5. The summed E-state index contributed by atoms with van der Waals surface area (Å²) in [6.07, 6.45) is 8.09. The normalized spacial score (nSPS) is 15.5. The molecule has 0 aliphatic heterocycles. The highest BCUT2D eigenvalue weighted by molar-refractivity contribution is 6.01. The maximum absolute atomic E-state index is 10.9. The monoisotopic (exact) mass is 444 g/mol. The van der Waals surface area contributed by atoms with Crippen molar-refractivity contribution < 1.29 is 19.5 Å². The molecule has 1 aliphatic rings. The topological polar surface area (TPSA) is 81.0 Å². The number of pyridine rings is 1. The molecule has 0 amide bonds. The summed E-state index contributed by atoms with van der Waals surface area (Å²) in [4.78, 5) is 20.9. The average Bonchev–Trinajstić information content (AvgIpc) is 2.85. The highest BCUT2D eigenvalue weighted by Crippen LogP contribution is 2.38. The van der Waals surface area contributed by atoms with E-state index >= 15 is 0 Å². The van der Waals surface area contributed by atoms with Crippen LogP contribution in [-0.2, 0) is 22.5 Å². The summed E-state index contributed by atoms with van der Waals surface area (Å²) >= 11 is 0. The predicted molar refractivity (Wildman–Crippen MR) is 127 cm³/mol. The predicted octanol–water partition coefficient (Wildman–Crippen LogP) is 5.02. The standard InChI is InChI=1S/C27H28N2O4/c30-27(31)19-32-26-13-5-11-23-21(9-4-12-24(23)26)14-16-33-29-25(22-10-6-15-28-18-22)17-20-7-2-1-3-8-20/h1-3,5-8,10-11,13,15,18,21H,4,9,12,14,16-17,19H2,(H,30,31). The highest BCUT2D eigenvalue weighted by Gasteiger charge is 2.23. The van der Waals surface area contributed by atoms with E-state index in [1.807, 2.05) is 42.5 Å². The summed E-state index contributed by atoms with van der Waals surface area (Å²) in [5, 5.41) is 13.4. The van der Waals surface area contributed by atoms with Gasteiger partial charge in [-0.05, 0) is 66.5 Å². The van der Waals surface area contributed by atoms with Gasteiger partial charge < -0.3 is 14.7 Å². The van der Waals surface area contributed by atoms with Gasteiger partial charge in [-0.1, -0.05) is 47.6 Å². The fraction of sp³-hybridized carbons (Fsp3) is 0.296. The summed E-state index contributed by atoms with van der Waals surface area (Å²) < 4.78 is 5.52. The Bertz CT molecular complexity index is 1080. The van der Waals surface area contributed by atoms with Crippen molar-refractivity contribution in [3.05, 3.63) is 95.3 Å². The van der Waals surface area contributed by atoms with Gasteiger partial charge in [0.25, 0.3) is 0 Å². The van der Waals surface area contributed by atoms with Gasteiger partial charge in [-0.2, -0.15) is 0 Å². The summed E-state index contributed by atoms with van der Waals surface area (Å²) in [7, 11) is 0. The van der Waals surface area contributed by atoms with Crippen LogP contribution in [0.2, 0.25) is 0 Å². The summed E-state index contributed by atoms with van der Waals surface area (Å²) in [5.41, 5.74) is 5.32. The molecule has 0 spiro atoms. The molecule has 0 bridgehead atoms. The number of benzene rings is 2. The number of carboxylic acid groups (broad SMARTS) is 1. The largest absolute Gasteiger partial charge is 0.482 e. The molecule has 1 aromatic heterocycles. The lowest BCUT2D eigenvalue weighted by Crippen LogP contribution is -2.15. The molecule has 1 N–H and O–H groups in total. The number of carboxylic acids is 1. The van der Waals surface area contributed by atoms with Crippen LogP contribution in [0.4, 0.5) is 0 Å². The van der Waals surface area contributed by atoms with Crippen LogP contribution < -0.4 is 4.74 Å². The lowest BCUT2D eigenvalue weighted by atomic mass is 9.81. The van der Waals surface area contributed by atoms with Crippen LogP contribution >= 0.6 is 0 Å². The van der Waals surface area contributed by atoms with E-state index in [9.17, 15) is 4.79 Å². The SMILES string of the molecule is O=C(O)COc1cccc2c1CCCC2CCON=C(Cc1ccccc1)c1cccnc1. The third kappa shape index (κ3) is 6.19. The molecule has 1 atom stereocenters. The van der Waals surface area contributed by atoms with Crippen molar-refractivity contribution >= 4 is 11.7 Å². The van der Waals surface area contributed by atoms with Gasteiger partial charge in [-0.3, -0.25) is 4.98 Å². The van der Waals surface area contributed by atoms with Crippen molar-refractivity contribution in [2.45, 2.75) is 38.0 Å². The molecule has 0 saturated heterocycles. The molecule has 4 rings (SSSR count). The second kappa shape index (κ2) is 11.3. The first-order valence-electron chi connectivity index (χ1n) is 11.3.